The standard InChI is InChI=1S/C19H28N4O2S.HI/c1-4-15-13-22-18(26-15)9-10-21-19(20-5-2)23-12-14-7-8-16(24)17(11-14)25-6-3;/h7-8,11,13,24H,4-6,9-10,12H2,1-3H3,(H2,20,21,23);1H. The summed E-state index contributed by atoms with van der Waals surface area (Å²) in [7, 11) is 0. The third kappa shape index (κ3) is 7.92. The molecule has 0 atom stereocenters. The number of aromatic nitrogens is 1. The fourth-order valence-electron chi connectivity index (χ4n) is 2.35. The van der Waals surface area contributed by atoms with Crippen molar-refractivity contribution >= 4 is 41.3 Å². The normalized spacial score (nSPS) is 11.0. The van der Waals surface area contributed by atoms with Crippen LogP contribution in [0.1, 0.15) is 36.2 Å². The Morgan fingerprint density at radius 1 is 1.26 bits per heavy atom. The summed E-state index contributed by atoms with van der Waals surface area (Å²) < 4.78 is 5.42. The molecule has 1 heterocycles. The predicted octanol–water partition coefficient (Wildman–Crippen LogP) is 3.73. The van der Waals surface area contributed by atoms with Gasteiger partial charge in [0.25, 0.3) is 0 Å². The molecule has 8 heteroatoms. The van der Waals surface area contributed by atoms with E-state index in [1.165, 1.54) is 4.88 Å². The molecule has 150 valence electrons. The van der Waals surface area contributed by atoms with Gasteiger partial charge in [0.05, 0.1) is 18.2 Å². The summed E-state index contributed by atoms with van der Waals surface area (Å²) in [4.78, 5) is 10.4. The topological polar surface area (TPSA) is 78.8 Å². The van der Waals surface area contributed by atoms with Crippen molar-refractivity contribution in [3.8, 4) is 11.5 Å². The molecule has 0 aliphatic carbocycles. The maximum absolute atomic E-state index is 9.78. The number of halogens is 1. The van der Waals surface area contributed by atoms with E-state index in [0.29, 0.717) is 18.9 Å². The van der Waals surface area contributed by atoms with Gasteiger partial charge in [-0.2, -0.15) is 0 Å². The summed E-state index contributed by atoms with van der Waals surface area (Å²) in [6, 6.07) is 5.32. The van der Waals surface area contributed by atoms with Crippen LogP contribution in [0.4, 0.5) is 0 Å². The van der Waals surface area contributed by atoms with Gasteiger partial charge in [-0.05, 0) is 38.0 Å². The minimum absolute atomic E-state index is 0. The van der Waals surface area contributed by atoms with Crippen molar-refractivity contribution in [2.75, 3.05) is 19.7 Å². The fraction of sp³-hybridized carbons (Fsp3) is 0.474. The molecule has 6 nitrogen and oxygen atoms in total. The van der Waals surface area contributed by atoms with Crippen LogP contribution in [0.2, 0.25) is 0 Å². The number of benzene rings is 1. The highest BCUT2D eigenvalue weighted by molar-refractivity contribution is 14.0. The Kier molecular flexibility index (Phi) is 11.1. The van der Waals surface area contributed by atoms with Crippen LogP contribution in [0.5, 0.6) is 11.5 Å². The Bertz CT molecular complexity index is 721. The molecule has 2 aromatic rings. The molecule has 2 rings (SSSR count). The number of nitrogens with one attached hydrogen (secondary N) is 2. The summed E-state index contributed by atoms with van der Waals surface area (Å²) in [6.45, 7) is 8.67. The summed E-state index contributed by atoms with van der Waals surface area (Å²) in [6.07, 6.45) is 3.87. The highest BCUT2D eigenvalue weighted by Crippen LogP contribution is 2.27. The van der Waals surface area contributed by atoms with E-state index in [-0.39, 0.29) is 29.7 Å². The number of rotatable bonds is 9. The van der Waals surface area contributed by atoms with E-state index in [1.54, 1.807) is 17.4 Å². The zero-order valence-corrected chi connectivity index (χ0v) is 19.3. The Hall–Kier alpha value is -1.55. The molecule has 0 spiro atoms. The SMILES string of the molecule is CCNC(=NCc1ccc(O)c(OCC)c1)NCCc1ncc(CC)s1.I. The van der Waals surface area contributed by atoms with Crippen molar-refractivity contribution in [3.05, 3.63) is 39.8 Å². The first-order chi connectivity index (χ1) is 12.7. The van der Waals surface area contributed by atoms with Crippen molar-refractivity contribution in [2.24, 2.45) is 4.99 Å². The first kappa shape index (κ1) is 23.5. The van der Waals surface area contributed by atoms with Gasteiger partial charge in [-0.3, -0.25) is 0 Å². The maximum atomic E-state index is 9.78. The fourth-order valence-corrected chi connectivity index (χ4v) is 3.22. The highest BCUT2D eigenvalue weighted by atomic mass is 127. The van der Waals surface area contributed by atoms with Crippen molar-refractivity contribution < 1.29 is 9.84 Å². The van der Waals surface area contributed by atoms with Gasteiger partial charge < -0.3 is 20.5 Å². The summed E-state index contributed by atoms with van der Waals surface area (Å²) in [5.41, 5.74) is 0.982. The van der Waals surface area contributed by atoms with Crippen LogP contribution in [-0.4, -0.2) is 35.7 Å². The molecule has 0 unspecified atom stereocenters. The number of thiazole rings is 1. The Morgan fingerprint density at radius 3 is 2.74 bits per heavy atom. The Labute approximate surface area is 182 Å². The molecular formula is C19H29IN4O2S. The molecule has 0 saturated heterocycles. The number of aryl methyl sites for hydroxylation is 1. The number of aliphatic imine (C=N–C) groups is 1. The molecule has 0 bridgehead atoms. The van der Waals surface area contributed by atoms with Crippen molar-refractivity contribution in [3.63, 3.8) is 0 Å². The zero-order chi connectivity index (χ0) is 18.8. The molecule has 1 aromatic heterocycles. The van der Waals surface area contributed by atoms with Crippen LogP contribution in [0.15, 0.2) is 29.4 Å². The molecule has 3 N–H and O–H groups in total. The van der Waals surface area contributed by atoms with Gasteiger partial charge >= 0.3 is 0 Å². The number of guanidine groups is 1. The third-order valence-electron chi connectivity index (χ3n) is 3.67. The molecular weight excluding hydrogens is 475 g/mol. The summed E-state index contributed by atoms with van der Waals surface area (Å²) >= 11 is 1.77. The van der Waals surface area contributed by atoms with Gasteiger partial charge in [-0.1, -0.05) is 13.0 Å². The summed E-state index contributed by atoms with van der Waals surface area (Å²) in [5, 5.41) is 17.5. The lowest BCUT2D eigenvalue weighted by atomic mass is 10.2. The lowest BCUT2D eigenvalue weighted by molar-refractivity contribution is 0.318. The van der Waals surface area contributed by atoms with Gasteiger partial charge in [0.15, 0.2) is 17.5 Å². The largest absolute Gasteiger partial charge is 0.504 e. The molecule has 0 aliphatic rings. The first-order valence-corrected chi connectivity index (χ1v) is 9.88. The zero-order valence-electron chi connectivity index (χ0n) is 16.1. The molecule has 0 fully saturated rings. The Balaban J connectivity index is 0.00000364. The van der Waals surface area contributed by atoms with Crippen molar-refractivity contribution in [1.29, 1.82) is 0 Å². The van der Waals surface area contributed by atoms with Gasteiger partial charge in [-0.15, -0.1) is 35.3 Å². The van der Waals surface area contributed by atoms with Gasteiger partial charge in [-0.25, -0.2) is 9.98 Å². The van der Waals surface area contributed by atoms with Crippen LogP contribution >= 0.6 is 35.3 Å². The second-order valence-corrected chi connectivity index (χ2v) is 6.88. The van der Waals surface area contributed by atoms with Gasteiger partial charge in [0.1, 0.15) is 0 Å². The van der Waals surface area contributed by atoms with Crippen LogP contribution in [0.25, 0.3) is 0 Å². The van der Waals surface area contributed by atoms with Gasteiger partial charge in [0.2, 0.25) is 0 Å². The number of ether oxygens (including phenoxy) is 1. The van der Waals surface area contributed by atoms with Crippen molar-refractivity contribution in [2.45, 2.75) is 40.2 Å². The number of hydrogen-bond donors (Lipinski definition) is 3. The van der Waals surface area contributed by atoms with E-state index in [1.807, 2.05) is 32.2 Å². The highest BCUT2D eigenvalue weighted by Gasteiger charge is 2.05. The maximum Gasteiger partial charge on any atom is 0.191 e. The third-order valence-corrected chi connectivity index (χ3v) is 4.87. The first-order valence-electron chi connectivity index (χ1n) is 9.06. The van der Waals surface area contributed by atoms with Crippen LogP contribution in [0, 0.1) is 0 Å². The average molecular weight is 504 g/mol. The Morgan fingerprint density at radius 2 is 2.07 bits per heavy atom. The van der Waals surface area contributed by atoms with Crippen molar-refractivity contribution in [1.82, 2.24) is 15.6 Å². The van der Waals surface area contributed by atoms with Gasteiger partial charge in [0, 0.05) is 30.6 Å². The number of aromatic hydroxyl groups is 1. The predicted molar refractivity (Wildman–Crippen MR) is 123 cm³/mol. The molecule has 0 amide bonds. The smallest absolute Gasteiger partial charge is 0.191 e. The molecule has 0 saturated carbocycles. The van der Waals surface area contributed by atoms with E-state index < -0.39 is 0 Å². The molecule has 0 radical (unpaired) electrons. The molecule has 27 heavy (non-hydrogen) atoms. The second-order valence-electron chi connectivity index (χ2n) is 5.68. The average Bonchev–Trinajstić information content (AvgIpc) is 3.10. The lowest BCUT2D eigenvalue weighted by Gasteiger charge is -2.11. The lowest BCUT2D eigenvalue weighted by Crippen LogP contribution is -2.38. The van der Waals surface area contributed by atoms with Crippen LogP contribution < -0.4 is 15.4 Å². The van der Waals surface area contributed by atoms with E-state index in [4.69, 9.17) is 4.74 Å². The molecule has 1 aromatic carbocycles. The van der Waals surface area contributed by atoms with E-state index in [9.17, 15) is 5.11 Å². The monoisotopic (exact) mass is 504 g/mol. The second kappa shape index (κ2) is 12.8. The van der Waals surface area contributed by atoms with Crippen LogP contribution in [-0.2, 0) is 19.4 Å². The molecule has 0 aliphatic heterocycles. The number of phenols is 1. The van der Waals surface area contributed by atoms with E-state index in [2.05, 4.69) is 27.5 Å². The minimum atomic E-state index is 0. The number of nitrogens with zero attached hydrogens (tertiary/aromatic N) is 2. The van der Waals surface area contributed by atoms with Crippen LogP contribution in [0.3, 0.4) is 0 Å². The van der Waals surface area contributed by atoms with E-state index >= 15 is 0 Å². The minimum Gasteiger partial charge on any atom is -0.504 e. The number of hydrogen-bond acceptors (Lipinski definition) is 5. The van der Waals surface area contributed by atoms with E-state index in [0.717, 1.165) is 42.5 Å². The summed E-state index contributed by atoms with van der Waals surface area (Å²) in [5.74, 6) is 1.42. The number of phenolic OH excluding ortho intramolecular Hbond substituents is 1. The quantitative estimate of drug-likeness (QED) is 0.276.